The van der Waals surface area contributed by atoms with Crippen molar-refractivity contribution in [3.8, 4) is 0 Å². The Balaban J connectivity index is 1.97. The molecule has 0 heterocycles. The van der Waals surface area contributed by atoms with Crippen LogP contribution in [0.5, 0.6) is 0 Å². The molecule has 3 atom stereocenters. The Labute approximate surface area is 102 Å². The van der Waals surface area contributed by atoms with E-state index in [0.717, 1.165) is 5.56 Å². The van der Waals surface area contributed by atoms with Gasteiger partial charge in [-0.05, 0) is 32.3 Å². The number of halogens is 1. The SMILES string of the molecule is C[C@@]1(O)CC[C@@H](NCc2ccccc2)[C@@]1(C)F. The fourth-order valence-corrected chi connectivity index (χ4v) is 2.45. The van der Waals surface area contributed by atoms with Crippen LogP contribution in [0.4, 0.5) is 4.39 Å². The van der Waals surface area contributed by atoms with Crippen LogP contribution in [0.3, 0.4) is 0 Å². The summed E-state index contributed by atoms with van der Waals surface area (Å²) in [4.78, 5) is 0. The highest BCUT2D eigenvalue weighted by Gasteiger charge is 2.54. The van der Waals surface area contributed by atoms with Crippen LogP contribution in [0.15, 0.2) is 30.3 Å². The van der Waals surface area contributed by atoms with E-state index in [2.05, 4.69) is 5.32 Å². The lowest BCUT2D eigenvalue weighted by Gasteiger charge is -2.33. The third kappa shape index (κ3) is 2.35. The van der Waals surface area contributed by atoms with Gasteiger partial charge in [0.05, 0.1) is 5.60 Å². The second kappa shape index (κ2) is 4.39. The smallest absolute Gasteiger partial charge is 0.151 e. The molecule has 0 unspecified atom stereocenters. The molecule has 2 nitrogen and oxygen atoms in total. The number of nitrogens with one attached hydrogen (secondary N) is 1. The minimum absolute atomic E-state index is 0.280. The van der Waals surface area contributed by atoms with Crippen molar-refractivity contribution < 1.29 is 9.50 Å². The van der Waals surface area contributed by atoms with Crippen molar-refractivity contribution in [2.24, 2.45) is 0 Å². The van der Waals surface area contributed by atoms with Gasteiger partial charge < -0.3 is 10.4 Å². The van der Waals surface area contributed by atoms with Crippen LogP contribution >= 0.6 is 0 Å². The summed E-state index contributed by atoms with van der Waals surface area (Å²) in [6.07, 6.45) is 1.18. The lowest BCUT2D eigenvalue weighted by atomic mass is 9.89. The Morgan fingerprint density at radius 3 is 2.53 bits per heavy atom. The molecule has 0 saturated heterocycles. The molecular weight excluding hydrogens is 217 g/mol. The Kier molecular flexibility index (Phi) is 3.23. The molecule has 17 heavy (non-hydrogen) atoms. The first-order valence-corrected chi connectivity index (χ1v) is 6.12. The summed E-state index contributed by atoms with van der Waals surface area (Å²) in [5.41, 5.74) is -1.65. The maximum Gasteiger partial charge on any atom is 0.151 e. The fourth-order valence-electron chi connectivity index (χ4n) is 2.45. The van der Waals surface area contributed by atoms with E-state index in [1.54, 1.807) is 6.92 Å². The first-order chi connectivity index (χ1) is 7.93. The Morgan fingerprint density at radius 1 is 1.35 bits per heavy atom. The van der Waals surface area contributed by atoms with Crippen LogP contribution < -0.4 is 5.32 Å². The summed E-state index contributed by atoms with van der Waals surface area (Å²) in [6.45, 7) is 3.71. The monoisotopic (exact) mass is 237 g/mol. The van der Waals surface area contributed by atoms with Gasteiger partial charge in [-0.25, -0.2) is 4.39 Å². The van der Waals surface area contributed by atoms with Crippen molar-refractivity contribution in [3.63, 3.8) is 0 Å². The summed E-state index contributed by atoms with van der Waals surface area (Å²) < 4.78 is 14.4. The van der Waals surface area contributed by atoms with Crippen LogP contribution in [0, 0.1) is 0 Å². The third-order valence-corrected chi connectivity index (χ3v) is 4.02. The highest BCUT2D eigenvalue weighted by Crippen LogP contribution is 2.42. The standard InChI is InChI=1S/C14H20FNO/c1-13(17)9-8-12(14(13,2)15)16-10-11-6-4-3-5-7-11/h3-7,12,16-17H,8-10H2,1-2H3/t12-,13-,14-/m1/s1. The van der Waals surface area contributed by atoms with E-state index in [1.807, 2.05) is 30.3 Å². The molecule has 0 radical (unpaired) electrons. The molecule has 94 valence electrons. The van der Waals surface area contributed by atoms with Gasteiger partial charge in [0.25, 0.3) is 0 Å². The molecule has 0 amide bonds. The van der Waals surface area contributed by atoms with E-state index in [1.165, 1.54) is 6.92 Å². The predicted octanol–water partition coefficient (Wildman–Crippen LogP) is 2.42. The molecule has 0 aromatic heterocycles. The summed E-state index contributed by atoms with van der Waals surface area (Å²) in [5, 5.41) is 13.2. The highest BCUT2D eigenvalue weighted by molar-refractivity contribution is 5.15. The zero-order valence-electron chi connectivity index (χ0n) is 10.4. The fraction of sp³-hybridized carbons (Fsp3) is 0.571. The molecule has 0 aliphatic heterocycles. The Hall–Kier alpha value is -0.930. The Morgan fingerprint density at radius 2 is 2.00 bits per heavy atom. The van der Waals surface area contributed by atoms with Crippen molar-refractivity contribution in [2.45, 2.75) is 50.5 Å². The first-order valence-electron chi connectivity index (χ1n) is 6.12. The van der Waals surface area contributed by atoms with Crippen molar-refractivity contribution in [2.75, 3.05) is 0 Å². The van der Waals surface area contributed by atoms with Crippen LogP contribution in [-0.2, 0) is 6.54 Å². The maximum atomic E-state index is 14.4. The molecular formula is C14H20FNO. The average Bonchev–Trinajstić information content (AvgIpc) is 2.49. The van der Waals surface area contributed by atoms with Crippen LogP contribution in [0.2, 0.25) is 0 Å². The molecule has 1 fully saturated rings. The minimum atomic E-state index is -1.57. The zero-order valence-corrected chi connectivity index (χ0v) is 10.4. The summed E-state index contributed by atoms with van der Waals surface area (Å²) in [5.74, 6) is 0. The first kappa shape index (κ1) is 12.5. The molecule has 1 aliphatic carbocycles. The molecule has 1 aliphatic rings. The van der Waals surface area contributed by atoms with E-state index in [9.17, 15) is 9.50 Å². The lowest BCUT2D eigenvalue weighted by Crippen LogP contribution is -2.52. The van der Waals surface area contributed by atoms with E-state index in [0.29, 0.717) is 19.4 Å². The summed E-state index contributed by atoms with van der Waals surface area (Å²) >= 11 is 0. The van der Waals surface area contributed by atoms with Gasteiger partial charge in [0.2, 0.25) is 0 Å². The van der Waals surface area contributed by atoms with Gasteiger partial charge in [-0.15, -0.1) is 0 Å². The molecule has 2 N–H and O–H groups in total. The second-order valence-corrected chi connectivity index (χ2v) is 5.31. The Bertz CT molecular complexity index is 375. The normalized spacial score (nSPS) is 37.3. The quantitative estimate of drug-likeness (QED) is 0.846. The van der Waals surface area contributed by atoms with Crippen LogP contribution in [-0.4, -0.2) is 22.4 Å². The van der Waals surface area contributed by atoms with Crippen molar-refractivity contribution >= 4 is 0 Å². The molecule has 1 aromatic carbocycles. The number of hydrogen-bond acceptors (Lipinski definition) is 2. The van der Waals surface area contributed by atoms with E-state index >= 15 is 0 Å². The second-order valence-electron chi connectivity index (χ2n) is 5.31. The summed E-state index contributed by atoms with van der Waals surface area (Å²) in [6, 6.07) is 9.64. The molecule has 3 heteroatoms. The maximum absolute atomic E-state index is 14.4. The van der Waals surface area contributed by atoms with E-state index in [4.69, 9.17) is 0 Å². The van der Waals surface area contributed by atoms with Gasteiger partial charge in [-0.1, -0.05) is 30.3 Å². The number of aliphatic hydroxyl groups is 1. The predicted molar refractivity (Wildman–Crippen MR) is 66.4 cm³/mol. The van der Waals surface area contributed by atoms with Crippen molar-refractivity contribution in [3.05, 3.63) is 35.9 Å². The molecule has 0 bridgehead atoms. The molecule has 1 aromatic rings. The third-order valence-electron chi connectivity index (χ3n) is 4.02. The van der Waals surface area contributed by atoms with Crippen molar-refractivity contribution in [1.82, 2.24) is 5.32 Å². The molecule has 0 spiro atoms. The largest absolute Gasteiger partial charge is 0.387 e. The van der Waals surface area contributed by atoms with Gasteiger partial charge in [0, 0.05) is 12.6 Å². The minimum Gasteiger partial charge on any atom is -0.387 e. The average molecular weight is 237 g/mol. The van der Waals surface area contributed by atoms with Gasteiger partial charge in [-0.2, -0.15) is 0 Å². The number of benzene rings is 1. The lowest BCUT2D eigenvalue weighted by molar-refractivity contribution is -0.0666. The number of alkyl halides is 1. The van der Waals surface area contributed by atoms with Gasteiger partial charge in [-0.3, -0.25) is 0 Å². The molecule has 1 saturated carbocycles. The van der Waals surface area contributed by atoms with Crippen LogP contribution in [0.25, 0.3) is 0 Å². The van der Waals surface area contributed by atoms with Crippen molar-refractivity contribution in [1.29, 1.82) is 0 Å². The number of hydrogen-bond donors (Lipinski definition) is 2. The van der Waals surface area contributed by atoms with Crippen LogP contribution in [0.1, 0.15) is 32.3 Å². The highest BCUT2D eigenvalue weighted by atomic mass is 19.1. The topological polar surface area (TPSA) is 32.3 Å². The molecule has 2 rings (SSSR count). The number of rotatable bonds is 3. The zero-order chi connectivity index (χ0) is 12.5. The van der Waals surface area contributed by atoms with Gasteiger partial charge in [0.15, 0.2) is 5.67 Å². The van der Waals surface area contributed by atoms with E-state index < -0.39 is 11.3 Å². The van der Waals surface area contributed by atoms with Gasteiger partial charge >= 0.3 is 0 Å². The summed E-state index contributed by atoms with van der Waals surface area (Å²) in [7, 11) is 0. The van der Waals surface area contributed by atoms with E-state index in [-0.39, 0.29) is 6.04 Å². The van der Waals surface area contributed by atoms with Gasteiger partial charge in [0.1, 0.15) is 0 Å².